The average molecular weight is 421 g/mol. The minimum absolute atomic E-state index is 0.156. The highest BCUT2D eigenvalue weighted by molar-refractivity contribution is 7.10. The van der Waals surface area contributed by atoms with E-state index in [4.69, 9.17) is 4.74 Å². The standard InChI is InChI=1S/C24H24N2O3S/c1-16(2)17-5-7-18(8-6-17)22(21-4-3-15-30-21)25-23(27)19-9-11-20(12-10-19)26-13-14-29-24(26)28/h3-12,15-16,22H,13-14H2,1-2H3,(H,25,27). The van der Waals surface area contributed by atoms with E-state index in [1.165, 1.54) is 5.56 Å². The highest BCUT2D eigenvalue weighted by Crippen LogP contribution is 2.28. The molecule has 1 atom stereocenters. The summed E-state index contributed by atoms with van der Waals surface area (Å²) in [6.45, 7) is 5.24. The van der Waals surface area contributed by atoms with Gasteiger partial charge in [-0.2, -0.15) is 0 Å². The summed E-state index contributed by atoms with van der Waals surface area (Å²) in [5, 5.41) is 5.18. The SMILES string of the molecule is CC(C)c1ccc(C(NC(=O)c2ccc(N3CCOC3=O)cc2)c2cccs2)cc1. The topological polar surface area (TPSA) is 58.6 Å². The highest BCUT2D eigenvalue weighted by atomic mass is 32.1. The van der Waals surface area contributed by atoms with Crippen molar-refractivity contribution in [2.75, 3.05) is 18.1 Å². The molecular weight excluding hydrogens is 396 g/mol. The van der Waals surface area contributed by atoms with Crippen LogP contribution >= 0.6 is 11.3 Å². The number of carbonyl (C=O) groups excluding carboxylic acids is 2. The number of nitrogens with zero attached hydrogens (tertiary/aromatic N) is 1. The van der Waals surface area contributed by atoms with Gasteiger partial charge in [0, 0.05) is 16.1 Å². The number of hydrogen-bond acceptors (Lipinski definition) is 4. The van der Waals surface area contributed by atoms with Crippen LogP contribution in [0.1, 0.15) is 52.2 Å². The van der Waals surface area contributed by atoms with Crippen molar-refractivity contribution in [2.24, 2.45) is 0 Å². The summed E-state index contributed by atoms with van der Waals surface area (Å²) >= 11 is 1.62. The van der Waals surface area contributed by atoms with E-state index in [0.29, 0.717) is 24.6 Å². The molecule has 0 radical (unpaired) electrons. The quantitative estimate of drug-likeness (QED) is 0.585. The van der Waals surface area contributed by atoms with Gasteiger partial charge in [-0.25, -0.2) is 4.79 Å². The molecule has 2 aromatic carbocycles. The van der Waals surface area contributed by atoms with Crippen LogP contribution in [0.4, 0.5) is 10.5 Å². The second-order valence-corrected chi connectivity index (χ2v) is 8.54. The van der Waals surface area contributed by atoms with Crippen molar-refractivity contribution in [1.82, 2.24) is 5.32 Å². The number of thiophene rings is 1. The van der Waals surface area contributed by atoms with E-state index >= 15 is 0 Å². The van der Waals surface area contributed by atoms with E-state index < -0.39 is 0 Å². The van der Waals surface area contributed by atoms with Crippen LogP contribution in [0.2, 0.25) is 0 Å². The zero-order valence-electron chi connectivity index (χ0n) is 17.0. The van der Waals surface area contributed by atoms with Gasteiger partial charge in [0.05, 0.1) is 12.6 Å². The fraction of sp³-hybridized carbons (Fsp3) is 0.250. The Morgan fingerprint density at radius 2 is 1.73 bits per heavy atom. The summed E-state index contributed by atoms with van der Waals surface area (Å²) in [7, 11) is 0. The first-order valence-corrected chi connectivity index (χ1v) is 10.9. The first kappa shape index (κ1) is 20.2. The molecule has 2 amide bonds. The third kappa shape index (κ3) is 4.24. The molecule has 1 unspecified atom stereocenters. The third-order valence-electron chi connectivity index (χ3n) is 5.24. The lowest BCUT2D eigenvalue weighted by Gasteiger charge is -2.19. The van der Waals surface area contributed by atoms with Crippen molar-refractivity contribution in [3.63, 3.8) is 0 Å². The van der Waals surface area contributed by atoms with Gasteiger partial charge in [-0.15, -0.1) is 11.3 Å². The number of benzene rings is 2. The maximum Gasteiger partial charge on any atom is 0.414 e. The summed E-state index contributed by atoms with van der Waals surface area (Å²) in [5.74, 6) is 0.303. The summed E-state index contributed by atoms with van der Waals surface area (Å²) in [4.78, 5) is 27.3. The lowest BCUT2D eigenvalue weighted by atomic mass is 9.98. The summed E-state index contributed by atoms with van der Waals surface area (Å²) < 4.78 is 4.97. The van der Waals surface area contributed by atoms with Gasteiger partial charge in [-0.3, -0.25) is 9.69 Å². The van der Waals surface area contributed by atoms with Crippen molar-refractivity contribution >= 4 is 29.0 Å². The molecule has 1 saturated heterocycles. The Hall–Kier alpha value is -3.12. The first-order valence-electron chi connectivity index (χ1n) is 10.0. The first-order chi connectivity index (χ1) is 14.5. The zero-order chi connectivity index (χ0) is 21.1. The highest BCUT2D eigenvalue weighted by Gasteiger charge is 2.24. The Morgan fingerprint density at radius 3 is 2.30 bits per heavy atom. The van der Waals surface area contributed by atoms with Crippen LogP contribution < -0.4 is 10.2 Å². The normalized spacial score (nSPS) is 14.6. The Morgan fingerprint density at radius 1 is 1.03 bits per heavy atom. The van der Waals surface area contributed by atoms with E-state index in [1.807, 2.05) is 17.5 Å². The predicted octanol–water partition coefficient (Wildman–Crippen LogP) is 5.35. The summed E-state index contributed by atoms with van der Waals surface area (Å²) in [5.41, 5.74) is 3.59. The van der Waals surface area contributed by atoms with Crippen molar-refractivity contribution in [2.45, 2.75) is 25.8 Å². The van der Waals surface area contributed by atoms with Gasteiger partial charge in [0.15, 0.2) is 0 Å². The van der Waals surface area contributed by atoms with Crippen LogP contribution in [-0.2, 0) is 4.74 Å². The van der Waals surface area contributed by atoms with E-state index in [9.17, 15) is 9.59 Å². The van der Waals surface area contributed by atoms with Crippen LogP contribution in [-0.4, -0.2) is 25.2 Å². The molecular formula is C24H24N2O3S. The number of carbonyl (C=O) groups is 2. The predicted molar refractivity (Wildman–Crippen MR) is 119 cm³/mol. The van der Waals surface area contributed by atoms with E-state index in [1.54, 1.807) is 40.5 Å². The lowest BCUT2D eigenvalue weighted by Crippen LogP contribution is -2.29. The fourth-order valence-electron chi connectivity index (χ4n) is 3.48. The number of amides is 2. The Balaban J connectivity index is 1.54. The van der Waals surface area contributed by atoms with Crippen LogP contribution in [0.3, 0.4) is 0 Å². The van der Waals surface area contributed by atoms with E-state index in [2.05, 4.69) is 43.4 Å². The van der Waals surface area contributed by atoms with E-state index in [-0.39, 0.29) is 18.0 Å². The zero-order valence-corrected chi connectivity index (χ0v) is 17.8. The van der Waals surface area contributed by atoms with Gasteiger partial charge in [0.2, 0.25) is 0 Å². The number of ether oxygens (including phenoxy) is 1. The van der Waals surface area contributed by atoms with Gasteiger partial charge in [-0.1, -0.05) is 44.2 Å². The molecule has 4 rings (SSSR count). The number of anilines is 1. The van der Waals surface area contributed by atoms with Crippen molar-refractivity contribution in [3.05, 3.63) is 87.6 Å². The molecule has 0 bridgehead atoms. The molecule has 154 valence electrons. The summed E-state index contributed by atoms with van der Waals surface area (Å²) in [6, 6.07) is 19.3. The maximum atomic E-state index is 13.0. The van der Waals surface area contributed by atoms with Gasteiger partial charge in [0.25, 0.3) is 5.91 Å². The monoisotopic (exact) mass is 420 g/mol. The second-order valence-electron chi connectivity index (χ2n) is 7.56. The van der Waals surface area contributed by atoms with Crippen LogP contribution in [0.5, 0.6) is 0 Å². The lowest BCUT2D eigenvalue weighted by molar-refractivity contribution is 0.0943. The molecule has 2 heterocycles. The Bertz CT molecular complexity index is 1010. The largest absolute Gasteiger partial charge is 0.447 e. The molecule has 0 spiro atoms. The summed E-state index contributed by atoms with van der Waals surface area (Å²) in [6.07, 6.45) is -0.352. The van der Waals surface area contributed by atoms with Crippen LogP contribution in [0.25, 0.3) is 0 Å². The van der Waals surface area contributed by atoms with Gasteiger partial charge in [0.1, 0.15) is 6.61 Å². The average Bonchev–Trinajstić information content (AvgIpc) is 3.44. The van der Waals surface area contributed by atoms with Crippen molar-refractivity contribution < 1.29 is 14.3 Å². The molecule has 0 saturated carbocycles. The molecule has 1 aliphatic heterocycles. The maximum absolute atomic E-state index is 13.0. The van der Waals surface area contributed by atoms with Crippen molar-refractivity contribution in [3.8, 4) is 0 Å². The smallest absolute Gasteiger partial charge is 0.414 e. The molecule has 1 N–H and O–H groups in total. The number of nitrogens with one attached hydrogen (secondary N) is 1. The number of rotatable bonds is 6. The van der Waals surface area contributed by atoms with Crippen LogP contribution in [0, 0.1) is 0 Å². The second kappa shape index (κ2) is 8.71. The molecule has 3 aromatic rings. The van der Waals surface area contributed by atoms with Crippen molar-refractivity contribution in [1.29, 1.82) is 0 Å². The molecule has 6 heteroatoms. The number of hydrogen-bond donors (Lipinski definition) is 1. The molecule has 30 heavy (non-hydrogen) atoms. The van der Waals surface area contributed by atoms with Gasteiger partial charge in [-0.05, 0) is 52.8 Å². The third-order valence-corrected chi connectivity index (χ3v) is 6.18. The van der Waals surface area contributed by atoms with Gasteiger partial charge < -0.3 is 10.1 Å². The van der Waals surface area contributed by atoms with Crippen LogP contribution in [0.15, 0.2) is 66.0 Å². The molecule has 1 fully saturated rings. The Labute approximate surface area is 180 Å². The van der Waals surface area contributed by atoms with E-state index in [0.717, 1.165) is 16.1 Å². The molecule has 5 nitrogen and oxygen atoms in total. The minimum Gasteiger partial charge on any atom is -0.447 e. The van der Waals surface area contributed by atoms with Gasteiger partial charge >= 0.3 is 6.09 Å². The molecule has 1 aromatic heterocycles. The Kier molecular flexibility index (Phi) is 5.86. The molecule has 1 aliphatic rings. The fourth-order valence-corrected chi connectivity index (χ4v) is 4.29. The molecule has 0 aliphatic carbocycles. The number of cyclic esters (lactones) is 1. The minimum atomic E-state index is -0.352.